The van der Waals surface area contributed by atoms with Crippen molar-refractivity contribution in [3.8, 4) is 0 Å². The molecule has 1 aromatic carbocycles. The fourth-order valence-corrected chi connectivity index (χ4v) is 2.47. The van der Waals surface area contributed by atoms with E-state index >= 15 is 0 Å². The summed E-state index contributed by atoms with van der Waals surface area (Å²) in [6, 6.07) is 3.73. The minimum atomic E-state index is -0.0978. The largest absolute Gasteiger partial charge is 0.314 e. The third-order valence-corrected chi connectivity index (χ3v) is 3.12. The van der Waals surface area contributed by atoms with Gasteiger partial charge in [0.1, 0.15) is 5.82 Å². The van der Waals surface area contributed by atoms with Crippen molar-refractivity contribution in [3.05, 3.63) is 33.5 Å². The van der Waals surface area contributed by atoms with E-state index in [-0.39, 0.29) is 11.9 Å². The van der Waals surface area contributed by atoms with Crippen LogP contribution in [0.5, 0.6) is 0 Å². The molecule has 0 spiro atoms. The zero-order valence-corrected chi connectivity index (χ0v) is 10.2. The Kier molecular flexibility index (Phi) is 3.38. The number of halogens is 2. The highest BCUT2D eigenvalue weighted by molar-refractivity contribution is 9.10. The molecule has 0 aliphatic carbocycles. The third kappa shape index (κ3) is 2.38. The molecule has 15 heavy (non-hydrogen) atoms. The van der Waals surface area contributed by atoms with Gasteiger partial charge in [0.15, 0.2) is 0 Å². The highest BCUT2D eigenvalue weighted by atomic mass is 79.9. The summed E-state index contributed by atoms with van der Waals surface area (Å²) in [5.74, 6) is -0.0978. The summed E-state index contributed by atoms with van der Waals surface area (Å²) in [6.07, 6.45) is 0. The van der Waals surface area contributed by atoms with E-state index in [0.717, 1.165) is 29.7 Å². The van der Waals surface area contributed by atoms with E-state index in [1.165, 1.54) is 0 Å². The SMILES string of the molecule is Cc1cc(Br)cc([C@@H]2CNCCN2)c1F. The average molecular weight is 273 g/mol. The van der Waals surface area contributed by atoms with E-state index < -0.39 is 0 Å². The fourth-order valence-electron chi connectivity index (χ4n) is 1.88. The van der Waals surface area contributed by atoms with Crippen LogP contribution >= 0.6 is 15.9 Å². The molecular formula is C11H14BrFN2. The van der Waals surface area contributed by atoms with E-state index in [9.17, 15) is 4.39 Å². The smallest absolute Gasteiger partial charge is 0.131 e. The lowest BCUT2D eigenvalue weighted by Gasteiger charge is -2.25. The molecular weight excluding hydrogens is 259 g/mol. The molecule has 2 nitrogen and oxygen atoms in total. The average Bonchev–Trinajstić information content (AvgIpc) is 2.24. The second-order valence-electron chi connectivity index (χ2n) is 3.84. The number of rotatable bonds is 1. The van der Waals surface area contributed by atoms with Crippen LogP contribution < -0.4 is 10.6 Å². The van der Waals surface area contributed by atoms with E-state index in [0.29, 0.717) is 5.56 Å². The maximum Gasteiger partial charge on any atom is 0.131 e. The van der Waals surface area contributed by atoms with E-state index in [2.05, 4.69) is 26.6 Å². The molecule has 0 unspecified atom stereocenters. The van der Waals surface area contributed by atoms with Crippen molar-refractivity contribution in [2.24, 2.45) is 0 Å². The molecule has 1 fully saturated rings. The Labute approximate surface area is 97.4 Å². The van der Waals surface area contributed by atoms with Crippen LogP contribution in [0, 0.1) is 12.7 Å². The molecule has 1 atom stereocenters. The van der Waals surface area contributed by atoms with Gasteiger partial charge in [-0.3, -0.25) is 0 Å². The van der Waals surface area contributed by atoms with Crippen LogP contribution in [-0.4, -0.2) is 19.6 Å². The van der Waals surface area contributed by atoms with Gasteiger partial charge in [-0.15, -0.1) is 0 Å². The van der Waals surface area contributed by atoms with E-state index in [1.807, 2.05) is 6.07 Å². The molecule has 0 amide bonds. The maximum atomic E-state index is 13.9. The normalized spacial score (nSPS) is 21.7. The third-order valence-electron chi connectivity index (χ3n) is 2.66. The van der Waals surface area contributed by atoms with Gasteiger partial charge in [0, 0.05) is 35.7 Å². The van der Waals surface area contributed by atoms with Crippen molar-refractivity contribution >= 4 is 15.9 Å². The molecule has 1 heterocycles. The van der Waals surface area contributed by atoms with Crippen molar-refractivity contribution in [1.82, 2.24) is 10.6 Å². The second-order valence-corrected chi connectivity index (χ2v) is 4.75. The monoisotopic (exact) mass is 272 g/mol. The fraction of sp³-hybridized carbons (Fsp3) is 0.455. The van der Waals surface area contributed by atoms with Gasteiger partial charge in [0.2, 0.25) is 0 Å². The van der Waals surface area contributed by atoms with Crippen molar-refractivity contribution in [2.45, 2.75) is 13.0 Å². The van der Waals surface area contributed by atoms with Gasteiger partial charge in [-0.05, 0) is 24.6 Å². The zero-order chi connectivity index (χ0) is 10.8. The summed E-state index contributed by atoms with van der Waals surface area (Å²) in [5.41, 5.74) is 1.43. The Morgan fingerprint density at radius 1 is 1.40 bits per heavy atom. The van der Waals surface area contributed by atoms with Crippen LogP contribution in [0.3, 0.4) is 0 Å². The highest BCUT2D eigenvalue weighted by Crippen LogP contribution is 2.25. The minimum Gasteiger partial charge on any atom is -0.314 e. The second kappa shape index (κ2) is 4.60. The number of hydrogen-bond donors (Lipinski definition) is 2. The Bertz CT molecular complexity index is 362. The summed E-state index contributed by atoms with van der Waals surface area (Å²) in [4.78, 5) is 0. The van der Waals surface area contributed by atoms with Crippen LogP contribution in [0.2, 0.25) is 0 Å². The van der Waals surface area contributed by atoms with Crippen LogP contribution in [0.25, 0.3) is 0 Å². The number of piperazine rings is 1. The summed E-state index contributed by atoms with van der Waals surface area (Å²) >= 11 is 3.40. The molecule has 0 bridgehead atoms. The molecule has 0 radical (unpaired) electrons. The molecule has 2 N–H and O–H groups in total. The number of nitrogens with one attached hydrogen (secondary N) is 2. The maximum absolute atomic E-state index is 13.9. The van der Waals surface area contributed by atoms with Crippen molar-refractivity contribution in [3.63, 3.8) is 0 Å². The predicted octanol–water partition coefficient (Wildman–Crippen LogP) is 2.13. The van der Waals surface area contributed by atoms with Crippen molar-refractivity contribution in [1.29, 1.82) is 0 Å². The first-order chi connectivity index (χ1) is 7.18. The first kappa shape index (κ1) is 11.0. The Morgan fingerprint density at radius 3 is 2.87 bits per heavy atom. The molecule has 0 saturated carbocycles. The van der Waals surface area contributed by atoms with Gasteiger partial charge in [-0.1, -0.05) is 15.9 Å². The van der Waals surface area contributed by atoms with Gasteiger partial charge in [0.25, 0.3) is 0 Å². The first-order valence-electron chi connectivity index (χ1n) is 5.08. The Hall–Kier alpha value is -0.450. The summed E-state index contributed by atoms with van der Waals surface area (Å²) < 4.78 is 14.8. The van der Waals surface area contributed by atoms with Gasteiger partial charge in [0.05, 0.1) is 0 Å². The number of hydrogen-bond acceptors (Lipinski definition) is 2. The van der Waals surface area contributed by atoms with E-state index in [4.69, 9.17) is 0 Å². The number of benzene rings is 1. The van der Waals surface area contributed by atoms with Gasteiger partial charge in [-0.2, -0.15) is 0 Å². The van der Waals surface area contributed by atoms with Crippen LogP contribution in [0.15, 0.2) is 16.6 Å². The lowest BCUT2D eigenvalue weighted by molar-refractivity contribution is 0.416. The van der Waals surface area contributed by atoms with Gasteiger partial charge >= 0.3 is 0 Å². The predicted molar refractivity (Wildman–Crippen MR) is 62.5 cm³/mol. The standard InChI is InChI=1S/C11H14BrFN2/c1-7-4-8(12)5-9(11(7)13)10-6-14-2-3-15-10/h4-5,10,14-15H,2-3,6H2,1H3/t10-/m0/s1. The van der Waals surface area contributed by atoms with Crippen LogP contribution in [0.4, 0.5) is 4.39 Å². The van der Waals surface area contributed by atoms with Gasteiger partial charge < -0.3 is 10.6 Å². The lowest BCUT2D eigenvalue weighted by Crippen LogP contribution is -2.43. The Morgan fingerprint density at radius 2 is 2.20 bits per heavy atom. The summed E-state index contributed by atoms with van der Waals surface area (Å²) in [6.45, 7) is 4.41. The highest BCUT2D eigenvalue weighted by Gasteiger charge is 2.19. The lowest BCUT2D eigenvalue weighted by atomic mass is 10.0. The van der Waals surface area contributed by atoms with E-state index in [1.54, 1.807) is 13.0 Å². The minimum absolute atomic E-state index is 0.0787. The molecule has 82 valence electrons. The first-order valence-corrected chi connectivity index (χ1v) is 5.87. The molecule has 4 heteroatoms. The quantitative estimate of drug-likeness (QED) is 0.819. The van der Waals surface area contributed by atoms with Crippen LogP contribution in [0.1, 0.15) is 17.2 Å². The summed E-state index contributed by atoms with van der Waals surface area (Å²) in [7, 11) is 0. The van der Waals surface area contributed by atoms with Crippen molar-refractivity contribution in [2.75, 3.05) is 19.6 Å². The van der Waals surface area contributed by atoms with Crippen LogP contribution in [-0.2, 0) is 0 Å². The molecule has 1 aromatic rings. The molecule has 1 aliphatic heterocycles. The molecule has 0 aromatic heterocycles. The topological polar surface area (TPSA) is 24.1 Å². The molecule has 2 rings (SSSR count). The zero-order valence-electron chi connectivity index (χ0n) is 8.61. The van der Waals surface area contributed by atoms with Crippen molar-refractivity contribution < 1.29 is 4.39 Å². The summed E-state index contributed by atoms with van der Waals surface area (Å²) in [5, 5.41) is 6.56. The Balaban J connectivity index is 2.33. The molecule has 1 saturated heterocycles. The molecule has 1 aliphatic rings. The number of aryl methyl sites for hydroxylation is 1. The van der Waals surface area contributed by atoms with Gasteiger partial charge in [-0.25, -0.2) is 4.39 Å².